The summed E-state index contributed by atoms with van der Waals surface area (Å²) in [5.74, 6) is -2.07. The van der Waals surface area contributed by atoms with Crippen LogP contribution in [0.2, 0.25) is 5.02 Å². The lowest BCUT2D eigenvalue weighted by Gasteiger charge is -2.38. The van der Waals surface area contributed by atoms with Crippen LogP contribution in [0.5, 0.6) is 0 Å². The lowest BCUT2D eigenvalue weighted by Crippen LogP contribution is -2.53. The highest BCUT2D eigenvalue weighted by atomic mass is 35.5. The smallest absolute Gasteiger partial charge is 0.334 e. The Kier molecular flexibility index (Phi) is 3.73. The Morgan fingerprint density at radius 2 is 2.05 bits per heavy atom. The van der Waals surface area contributed by atoms with E-state index < -0.39 is 17.3 Å². The molecule has 0 spiro atoms. The van der Waals surface area contributed by atoms with Crippen molar-refractivity contribution in [1.29, 1.82) is 0 Å². The minimum absolute atomic E-state index is 0.00167. The standard InChI is InChI=1S/C14H15ClFNO3/c1-8(18)17(10-4-5-10)14(2,13(19)20)11-6-3-9(16)7-12(11)15/h3,6-7,10H,4-5H2,1-2H3,(H,19,20). The molecule has 1 atom stereocenters. The zero-order valence-corrected chi connectivity index (χ0v) is 11.9. The second-order valence-corrected chi connectivity index (χ2v) is 5.53. The van der Waals surface area contributed by atoms with Crippen molar-refractivity contribution in [2.24, 2.45) is 0 Å². The van der Waals surface area contributed by atoms with Gasteiger partial charge in [-0.2, -0.15) is 0 Å². The van der Waals surface area contributed by atoms with E-state index in [1.54, 1.807) is 0 Å². The predicted molar refractivity (Wildman–Crippen MR) is 71.9 cm³/mol. The second-order valence-electron chi connectivity index (χ2n) is 5.12. The fourth-order valence-corrected chi connectivity index (χ4v) is 2.85. The van der Waals surface area contributed by atoms with Crippen molar-refractivity contribution in [3.63, 3.8) is 0 Å². The topological polar surface area (TPSA) is 57.6 Å². The number of hydrogen-bond donors (Lipinski definition) is 1. The second kappa shape index (κ2) is 5.05. The van der Waals surface area contributed by atoms with E-state index in [-0.39, 0.29) is 22.5 Å². The number of carbonyl (C=O) groups is 2. The van der Waals surface area contributed by atoms with Gasteiger partial charge in [0, 0.05) is 23.6 Å². The third kappa shape index (κ3) is 2.38. The van der Waals surface area contributed by atoms with Crippen LogP contribution in [0.3, 0.4) is 0 Å². The Balaban J connectivity index is 2.58. The molecule has 1 N–H and O–H groups in total. The van der Waals surface area contributed by atoms with Crippen LogP contribution in [0.4, 0.5) is 4.39 Å². The number of halogens is 2. The number of carboxylic acid groups (broad SMARTS) is 1. The van der Waals surface area contributed by atoms with Gasteiger partial charge in [0.2, 0.25) is 5.91 Å². The minimum atomic E-state index is -1.60. The molecule has 108 valence electrons. The summed E-state index contributed by atoms with van der Waals surface area (Å²) in [5, 5.41) is 9.63. The van der Waals surface area contributed by atoms with Crippen LogP contribution < -0.4 is 0 Å². The number of rotatable bonds is 4. The summed E-state index contributed by atoms with van der Waals surface area (Å²) >= 11 is 5.99. The fourth-order valence-electron chi connectivity index (χ4n) is 2.50. The van der Waals surface area contributed by atoms with Gasteiger partial charge in [0.1, 0.15) is 5.82 Å². The molecule has 0 radical (unpaired) electrons. The lowest BCUT2D eigenvalue weighted by atomic mass is 9.89. The van der Waals surface area contributed by atoms with Crippen molar-refractivity contribution >= 4 is 23.5 Å². The minimum Gasteiger partial charge on any atom is -0.479 e. The zero-order valence-electron chi connectivity index (χ0n) is 11.2. The number of amides is 1. The van der Waals surface area contributed by atoms with Crippen molar-refractivity contribution in [2.45, 2.75) is 38.3 Å². The van der Waals surface area contributed by atoms with Gasteiger partial charge in [-0.05, 0) is 31.9 Å². The highest BCUT2D eigenvalue weighted by Gasteiger charge is 2.50. The molecule has 1 unspecified atom stereocenters. The third-order valence-corrected chi connectivity index (χ3v) is 3.92. The largest absolute Gasteiger partial charge is 0.479 e. The van der Waals surface area contributed by atoms with Crippen molar-refractivity contribution in [1.82, 2.24) is 4.90 Å². The first-order valence-electron chi connectivity index (χ1n) is 6.27. The number of nitrogens with zero attached hydrogens (tertiary/aromatic N) is 1. The average Bonchev–Trinajstić information content (AvgIpc) is 3.12. The van der Waals surface area contributed by atoms with Crippen molar-refractivity contribution in [3.8, 4) is 0 Å². The molecule has 1 aliphatic rings. The fraction of sp³-hybridized carbons (Fsp3) is 0.429. The maximum atomic E-state index is 13.2. The number of hydrogen-bond acceptors (Lipinski definition) is 2. The summed E-state index contributed by atoms with van der Waals surface area (Å²) in [6.45, 7) is 2.76. The summed E-state index contributed by atoms with van der Waals surface area (Å²) < 4.78 is 13.2. The Bertz CT molecular complexity index is 574. The van der Waals surface area contributed by atoms with E-state index in [4.69, 9.17) is 11.6 Å². The summed E-state index contributed by atoms with van der Waals surface area (Å²) in [4.78, 5) is 25.0. The van der Waals surface area contributed by atoms with E-state index in [9.17, 15) is 19.1 Å². The number of carbonyl (C=O) groups excluding carboxylic acids is 1. The first-order chi connectivity index (χ1) is 9.28. The monoisotopic (exact) mass is 299 g/mol. The van der Waals surface area contributed by atoms with Gasteiger partial charge in [0.05, 0.1) is 0 Å². The van der Waals surface area contributed by atoms with Crippen molar-refractivity contribution < 1.29 is 19.1 Å². The van der Waals surface area contributed by atoms with E-state index in [1.165, 1.54) is 24.8 Å². The van der Waals surface area contributed by atoms with Crippen LogP contribution >= 0.6 is 11.6 Å². The van der Waals surface area contributed by atoms with Crippen LogP contribution in [-0.4, -0.2) is 27.9 Å². The normalized spacial score (nSPS) is 17.4. The maximum absolute atomic E-state index is 13.2. The average molecular weight is 300 g/mol. The number of aliphatic carboxylic acids is 1. The Labute approximate surface area is 121 Å². The Morgan fingerprint density at radius 1 is 1.45 bits per heavy atom. The molecule has 0 heterocycles. The third-order valence-electron chi connectivity index (χ3n) is 3.61. The first kappa shape index (κ1) is 14.8. The van der Waals surface area contributed by atoms with Crippen LogP contribution in [-0.2, 0) is 15.1 Å². The Morgan fingerprint density at radius 3 is 2.45 bits per heavy atom. The first-order valence-corrected chi connectivity index (χ1v) is 6.65. The summed E-state index contributed by atoms with van der Waals surface area (Å²) in [6, 6.07) is 3.43. The predicted octanol–water partition coefficient (Wildman–Crippen LogP) is 2.79. The van der Waals surface area contributed by atoms with Gasteiger partial charge in [0.25, 0.3) is 0 Å². The molecule has 6 heteroatoms. The molecular weight excluding hydrogens is 285 g/mol. The van der Waals surface area contributed by atoms with Gasteiger partial charge >= 0.3 is 5.97 Å². The van der Waals surface area contributed by atoms with Gasteiger partial charge in [-0.3, -0.25) is 4.79 Å². The molecule has 2 rings (SSSR count). The maximum Gasteiger partial charge on any atom is 0.334 e. The summed E-state index contributed by atoms with van der Waals surface area (Å²) in [6.07, 6.45) is 1.53. The molecule has 1 fully saturated rings. The molecule has 4 nitrogen and oxygen atoms in total. The van der Waals surface area contributed by atoms with Crippen LogP contribution in [0, 0.1) is 5.82 Å². The van der Waals surface area contributed by atoms with Crippen molar-refractivity contribution in [3.05, 3.63) is 34.6 Å². The molecule has 0 bridgehead atoms. The molecular formula is C14H15ClFNO3. The molecule has 1 aromatic rings. The van der Waals surface area contributed by atoms with Gasteiger partial charge in [-0.1, -0.05) is 17.7 Å². The van der Waals surface area contributed by atoms with Crippen LogP contribution in [0.1, 0.15) is 32.3 Å². The highest BCUT2D eigenvalue weighted by molar-refractivity contribution is 6.31. The van der Waals surface area contributed by atoms with Gasteiger partial charge < -0.3 is 10.0 Å². The molecule has 1 aliphatic carbocycles. The van der Waals surface area contributed by atoms with Gasteiger partial charge in [-0.15, -0.1) is 0 Å². The molecule has 0 aliphatic heterocycles. The quantitative estimate of drug-likeness (QED) is 0.930. The molecule has 1 amide bonds. The lowest BCUT2D eigenvalue weighted by molar-refractivity contribution is -0.159. The van der Waals surface area contributed by atoms with Crippen LogP contribution in [0.25, 0.3) is 0 Å². The number of carboxylic acids is 1. The Hall–Kier alpha value is -1.62. The van der Waals surface area contributed by atoms with Gasteiger partial charge in [-0.25, -0.2) is 9.18 Å². The zero-order chi connectivity index (χ0) is 15.1. The molecule has 0 aromatic heterocycles. The van der Waals surface area contributed by atoms with E-state index in [2.05, 4.69) is 0 Å². The van der Waals surface area contributed by atoms with Crippen molar-refractivity contribution in [2.75, 3.05) is 0 Å². The molecule has 1 saturated carbocycles. The molecule has 1 aromatic carbocycles. The van der Waals surface area contributed by atoms with E-state index in [1.807, 2.05) is 0 Å². The summed E-state index contributed by atoms with van der Waals surface area (Å²) in [5.41, 5.74) is -1.38. The number of benzene rings is 1. The van der Waals surface area contributed by atoms with E-state index in [0.717, 1.165) is 25.0 Å². The SMILES string of the molecule is CC(=O)N(C1CC1)C(C)(C(=O)O)c1ccc(F)cc1Cl. The van der Waals surface area contributed by atoms with Gasteiger partial charge in [0.15, 0.2) is 5.54 Å². The van der Waals surface area contributed by atoms with Crippen LogP contribution in [0.15, 0.2) is 18.2 Å². The molecule has 0 saturated heterocycles. The highest BCUT2D eigenvalue weighted by Crippen LogP contribution is 2.41. The van der Waals surface area contributed by atoms with E-state index in [0.29, 0.717) is 0 Å². The summed E-state index contributed by atoms with van der Waals surface area (Å²) in [7, 11) is 0. The van der Waals surface area contributed by atoms with E-state index >= 15 is 0 Å². The molecule has 20 heavy (non-hydrogen) atoms.